The summed E-state index contributed by atoms with van der Waals surface area (Å²) in [4.78, 5) is 4.55. The molecule has 0 bridgehead atoms. The fourth-order valence-corrected chi connectivity index (χ4v) is 2.89. The Bertz CT molecular complexity index is 790. The van der Waals surface area contributed by atoms with Crippen LogP contribution in [0.1, 0.15) is 50.7 Å². The predicted octanol–water partition coefficient (Wildman–Crippen LogP) is 6.66. The zero-order valence-corrected chi connectivity index (χ0v) is 15.0. The van der Waals surface area contributed by atoms with Gasteiger partial charge in [0.15, 0.2) is 0 Å². The molecular formula is C23H25N. The van der Waals surface area contributed by atoms with E-state index < -0.39 is 0 Å². The van der Waals surface area contributed by atoms with E-state index in [0.717, 1.165) is 11.3 Å². The average Bonchev–Trinajstić information content (AvgIpc) is 2.62. The van der Waals surface area contributed by atoms with E-state index in [4.69, 9.17) is 0 Å². The van der Waals surface area contributed by atoms with Gasteiger partial charge in [-0.2, -0.15) is 0 Å². The van der Waals surface area contributed by atoms with E-state index in [2.05, 4.69) is 87.3 Å². The summed E-state index contributed by atoms with van der Waals surface area (Å²) < 4.78 is 0. The largest absolute Gasteiger partial charge is 0.256 e. The van der Waals surface area contributed by atoms with Crippen molar-refractivity contribution in [3.05, 3.63) is 78.0 Å². The van der Waals surface area contributed by atoms with Crippen LogP contribution in [0.15, 0.2) is 66.9 Å². The Hall–Kier alpha value is -2.41. The van der Waals surface area contributed by atoms with Gasteiger partial charge in [-0.25, -0.2) is 0 Å². The molecule has 1 heteroatoms. The molecule has 3 aromatic rings. The Balaban J connectivity index is 2.09. The summed E-state index contributed by atoms with van der Waals surface area (Å²) in [5.74, 6) is 1.05. The molecule has 0 N–H and O–H groups in total. The molecule has 2 aromatic carbocycles. The van der Waals surface area contributed by atoms with Crippen LogP contribution in [-0.2, 0) is 0 Å². The molecule has 0 aliphatic rings. The molecule has 1 heterocycles. The van der Waals surface area contributed by atoms with Crippen molar-refractivity contribution in [1.82, 2.24) is 4.98 Å². The van der Waals surface area contributed by atoms with E-state index in [1.54, 1.807) is 0 Å². The highest BCUT2D eigenvalue weighted by molar-refractivity contribution is 5.71. The molecule has 0 radical (unpaired) electrons. The first-order chi connectivity index (χ1) is 11.5. The van der Waals surface area contributed by atoms with Crippen molar-refractivity contribution in [2.75, 3.05) is 0 Å². The standard InChI is InChI=1S/C23H25N/c1-16(2)20-12-21(17(3)4)14-22(13-20)19-10-11-24-23(15-19)18-8-6-5-7-9-18/h5-17H,1-4H3. The van der Waals surface area contributed by atoms with Crippen molar-refractivity contribution in [2.24, 2.45) is 0 Å². The van der Waals surface area contributed by atoms with Gasteiger partial charge in [0.1, 0.15) is 0 Å². The van der Waals surface area contributed by atoms with Crippen molar-refractivity contribution < 1.29 is 0 Å². The lowest BCUT2D eigenvalue weighted by atomic mass is 9.91. The number of rotatable bonds is 4. The van der Waals surface area contributed by atoms with Gasteiger partial charge in [-0.3, -0.25) is 4.98 Å². The maximum absolute atomic E-state index is 4.55. The lowest BCUT2D eigenvalue weighted by Gasteiger charge is -2.15. The Labute approximate surface area is 145 Å². The molecule has 0 aliphatic carbocycles. The number of aromatic nitrogens is 1. The summed E-state index contributed by atoms with van der Waals surface area (Å²) >= 11 is 0. The highest BCUT2D eigenvalue weighted by atomic mass is 14.7. The first kappa shape index (κ1) is 16.4. The van der Waals surface area contributed by atoms with Gasteiger partial charge in [0, 0.05) is 11.8 Å². The van der Waals surface area contributed by atoms with E-state index in [0.29, 0.717) is 11.8 Å². The monoisotopic (exact) mass is 315 g/mol. The Morgan fingerprint density at radius 1 is 0.625 bits per heavy atom. The summed E-state index contributed by atoms with van der Waals surface area (Å²) in [6.45, 7) is 9.02. The molecule has 0 saturated heterocycles. The molecule has 1 aromatic heterocycles. The third-order valence-electron chi connectivity index (χ3n) is 4.47. The number of benzene rings is 2. The third-order valence-corrected chi connectivity index (χ3v) is 4.47. The van der Waals surface area contributed by atoms with Crippen LogP contribution in [0.5, 0.6) is 0 Å². The molecule has 1 nitrogen and oxygen atoms in total. The van der Waals surface area contributed by atoms with Gasteiger partial charge in [0.05, 0.1) is 5.69 Å². The van der Waals surface area contributed by atoms with Crippen molar-refractivity contribution in [3.8, 4) is 22.4 Å². The molecular weight excluding hydrogens is 290 g/mol. The summed E-state index contributed by atoms with van der Waals surface area (Å²) in [6.07, 6.45) is 1.91. The first-order valence-electron chi connectivity index (χ1n) is 8.71. The maximum Gasteiger partial charge on any atom is 0.0708 e. The number of pyridine rings is 1. The zero-order chi connectivity index (χ0) is 17.1. The lowest BCUT2D eigenvalue weighted by molar-refractivity contribution is 0.834. The maximum atomic E-state index is 4.55. The Kier molecular flexibility index (Phi) is 4.80. The quantitative estimate of drug-likeness (QED) is 0.524. The number of hydrogen-bond acceptors (Lipinski definition) is 1. The average molecular weight is 315 g/mol. The fourth-order valence-electron chi connectivity index (χ4n) is 2.89. The van der Waals surface area contributed by atoms with Gasteiger partial charge in [-0.1, -0.05) is 76.2 Å². The third kappa shape index (κ3) is 3.56. The second-order valence-corrected chi connectivity index (χ2v) is 6.99. The lowest BCUT2D eigenvalue weighted by Crippen LogP contribution is -1.95. The van der Waals surface area contributed by atoms with E-state index >= 15 is 0 Å². The Morgan fingerprint density at radius 2 is 1.25 bits per heavy atom. The molecule has 0 spiro atoms. The number of hydrogen-bond donors (Lipinski definition) is 0. The van der Waals surface area contributed by atoms with Crippen LogP contribution >= 0.6 is 0 Å². The molecule has 0 amide bonds. The summed E-state index contributed by atoms with van der Waals surface area (Å²) in [5, 5.41) is 0. The van der Waals surface area contributed by atoms with Crippen LogP contribution in [0, 0.1) is 0 Å². The Morgan fingerprint density at radius 3 is 1.83 bits per heavy atom. The molecule has 0 fully saturated rings. The summed E-state index contributed by atoms with van der Waals surface area (Å²) in [5.41, 5.74) is 7.49. The minimum absolute atomic E-state index is 0.526. The molecule has 0 saturated carbocycles. The molecule has 3 rings (SSSR count). The second-order valence-electron chi connectivity index (χ2n) is 6.99. The molecule has 122 valence electrons. The van der Waals surface area contributed by atoms with Crippen molar-refractivity contribution in [3.63, 3.8) is 0 Å². The SMILES string of the molecule is CC(C)c1cc(-c2ccnc(-c3ccccc3)c2)cc(C(C)C)c1. The second kappa shape index (κ2) is 7.00. The number of nitrogens with zero attached hydrogens (tertiary/aromatic N) is 1. The van der Waals surface area contributed by atoms with Crippen LogP contribution in [0.4, 0.5) is 0 Å². The topological polar surface area (TPSA) is 12.9 Å². The van der Waals surface area contributed by atoms with Crippen LogP contribution in [-0.4, -0.2) is 4.98 Å². The van der Waals surface area contributed by atoms with Gasteiger partial charge < -0.3 is 0 Å². The van der Waals surface area contributed by atoms with Crippen molar-refractivity contribution in [2.45, 2.75) is 39.5 Å². The van der Waals surface area contributed by atoms with Crippen LogP contribution < -0.4 is 0 Å². The van der Waals surface area contributed by atoms with E-state index in [9.17, 15) is 0 Å². The van der Waals surface area contributed by atoms with Crippen LogP contribution in [0.3, 0.4) is 0 Å². The van der Waals surface area contributed by atoms with Crippen LogP contribution in [0.25, 0.3) is 22.4 Å². The predicted molar refractivity (Wildman–Crippen MR) is 103 cm³/mol. The van der Waals surface area contributed by atoms with E-state index in [-0.39, 0.29) is 0 Å². The van der Waals surface area contributed by atoms with Crippen molar-refractivity contribution >= 4 is 0 Å². The molecule has 0 unspecified atom stereocenters. The fraction of sp³-hybridized carbons (Fsp3) is 0.261. The van der Waals surface area contributed by atoms with Gasteiger partial charge in [0.2, 0.25) is 0 Å². The summed E-state index contributed by atoms with van der Waals surface area (Å²) in [6, 6.07) is 21.6. The zero-order valence-electron chi connectivity index (χ0n) is 15.0. The normalized spacial score (nSPS) is 11.2. The highest BCUT2D eigenvalue weighted by Gasteiger charge is 2.09. The van der Waals surface area contributed by atoms with E-state index in [1.165, 1.54) is 22.3 Å². The summed E-state index contributed by atoms with van der Waals surface area (Å²) in [7, 11) is 0. The van der Waals surface area contributed by atoms with Crippen molar-refractivity contribution in [1.29, 1.82) is 0 Å². The van der Waals surface area contributed by atoms with Gasteiger partial charge >= 0.3 is 0 Å². The smallest absolute Gasteiger partial charge is 0.0708 e. The van der Waals surface area contributed by atoms with Crippen LogP contribution in [0.2, 0.25) is 0 Å². The van der Waals surface area contributed by atoms with E-state index in [1.807, 2.05) is 12.3 Å². The molecule has 24 heavy (non-hydrogen) atoms. The first-order valence-corrected chi connectivity index (χ1v) is 8.71. The molecule has 0 atom stereocenters. The van der Waals surface area contributed by atoms with Gasteiger partial charge in [0.25, 0.3) is 0 Å². The molecule has 0 aliphatic heterocycles. The highest BCUT2D eigenvalue weighted by Crippen LogP contribution is 2.30. The van der Waals surface area contributed by atoms with Gasteiger partial charge in [-0.15, -0.1) is 0 Å². The van der Waals surface area contributed by atoms with Gasteiger partial charge in [-0.05, 0) is 46.2 Å². The minimum Gasteiger partial charge on any atom is -0.256 e. The minimum atomic E-state index is 0.526.